The Morgan fingerprint density at radius 2 is 1.77 bits per heavy atom. The fraction of sp³-hybridized carbons (Fsp3) is 0.192. The van der Waals surface area contributed by atoms with E-state index in [1.54, 1.807) is 29.9 Å². The van der Waals surface area contributed by atoms with Crippen LogP contribution >= 0.6 is 34.8 Å². The lowest BCUT2D eigenvalue weighted by atomic mass is 9.86. The van der Waals surface area contributed by atoms with Crippen molar-refractivity contribution in [2.45, 2.75) is 26.2 Å². The zero-order chi connectivity index (χ0) is 25.7. The molecule has 0 bridgehead atoms. The second kappa shape index (κ2) is 9.19. The van der Waals surface area contributed by atoms with Gasteiger partial charge in [0.15, 0.2) is 5.76 Å². The number of rotatable bonds is 5. The fourth-order valence-corrected chi connectivity index (χ4v) is 5.06. The van der Waals surface area contributed by atoms with Crippen molar-refractivity contribution in [3.05, 3.63) is 80.1 Å². The molecule has 0 fully saturated rings. The quantitative estimate of drug-likeness (QED) is 0.214. The minimum atomic E-state index is -1.06. The number of aromatic nitrogens is 2. The smallest absolute Gasteiger partial charge is 0.328 e. The topological polar surface area (TPSA) is 85.3 Å². The van der Waals surface area contributed by atoms with E-state index in [0.29, 0.717) is 38.4 Å². The van der Waals surface area contributed by atoms with Crippen molar-refractivity contribution >= 4 is 63.5 Å². The van der Waals surface area contributed by atoms with Crippen molar-refractivity contribution in [1.82, 2.24) is 9.72 Å². The molecular formula is C26H21Cl3N2O4. The number of carbonyl (C=O) groups is 2. The van der Waals surface area contributed by atoms with Gasteiger partial charge in [0.2, 0.25) is 5.78 Å². The summed E-state index contributed by atoms with van der Waals surface area (Å²) in [4.78, 5) is 25.2. The Balaban J connectivity index is 1.98. The summed E-state index contributed by atoms with van der Waals surface area (Å²) >= 11 is 19.0. The number of halogens is 3. The molecule has 0 aliphatic heterocycles. The highest BCUT2D eigenvalue weighted by Crippen LogP contribution is 2.42. The highest BCUT2D eigenvalue weighted by molar-refractivity contribution is 6.42. The molecule has 0 saturated carbocycles. The van der Waals surface area contributed by atoms with Gasteiger partial charge in [0, 0.05) is 46.3 Å². The van der Waals surface area contributed by atoms with Crippen LogP contribution in [0.25, 0.3) is 28.2 Å². The van der Waals surface area contributed by atoms with Crippen molar-refractivity contribution in [1.29, 1.82) is 0 Å². The van der Waals surface area contributed by atoms with Crippen molar-refractivity contribution in [2.75, 3.05) is 0 Å². The van der Waals surface area contributed by atoms with Crippen molar-refractivity contribution in [3.8, 4) is 11.3 Å². The van der Waals surface area contributed by atoms with E-state index in [1.807, 2.05) is 26.8 Å². The van der Waals surface area contributed by atoms with E-state index in [1.165, 1.54) is 18.2 Å². The molecule has 0 aliphatic carbocycles. The largest absolute Gasteiger partial charge is 0.478 e. The third-order valence-electron chi connectivity index (χ3n) is 5.53. The predicted octanol–water partition coefficient (Wildman–Crippen LogP) is 7.42. The first kappa shape index (κ1) is 25.0. The van der Waals surface area contributed by atoms with Gasteiger partial charge in [0.25, 0.3) is 0 Å². The van der Waals surface area contributed by atoms with Crippen molar-refractivity contribution < 1.29 is 19.2 Å². The van der Waals surface area contributed by atoms with Gasteiger partial charge in [-0.2, -0.15) is 0 Å². The van der Waals surface area contributed by atoms with Gasteiger partial charge in [-0.3, -0.25) is 4.79 Å². The molecule has 2 aromatic heterocycles. The van der Waals surface area contributed by atoms with Crippen molar-refractivity contribution in [2.24, 2.45) is 7.05 Å². The van der Waals surface area contributed by atoms with E-state index in [2.05, 4.69) is 5.16 Å². The Bertz CT molecular complexity index is 1500. The number of fused-ring (bicyclic) bond motifs is 1. The lowest BCUT2D eigenvalue weighted by Gasteiger charge is -2.16. The molecule has 0 amide bonds. The van der Waals surface area contributed by atoms with Crippen LogP contribution in [-0.2, 0) is 17.3 Å². The standard InChI is InChI=1S/C26H21Cl3N2O4/c1-26(2,3)25-21(22(30-35-25)20-17(28)10-14(27)11-18(20)29)24(34)16-12-31(4)23-13(8-9-19(32)33)6-5-7-15(16)23/h5-12H,1-4H3,(H,32,33)/b9-8+. The molecule has 2 heterocycles. The van der Waals surface area contributed by atoms with Crippen LogP contribution < -0.4 is 0 Å². The number of ketones is 1. The number of benzene rings is 2. The molecule has 9 heteroatoms. The molecular weight excluding hydrogens is 511 g/mol. The maximum absolute atomic E-state index is 14.1. The van der Waals surface area contributed by atoms with Gasteiger partial charge in [0.05, 0.1) is 21.1 Å². The summed E-state index contributed by atoms with van der Waals surface area (Å²) in [5.41, 5.74) is 2.06. The van der Waals surface area contributed by atoms with Crippen LogP contribution in [0.1, 0.15) is 48.0 Å². The number of aliphatic carboxylic acids is 1. The maximum Gasteiger partial charge on any atom is 0.328 e. The van der Waals surface area contributed by atoms with Gasteiger partial charge >= 0.3 is 5.97 Å². The van der Waals surface area contributed by atoms with Crippen LogP contribution in [0.4, 0.5) is 0 Å². The summed E-state index contributed by atoms with van der Waals surface area (Å²) < 4.78 is 7.49. The average Bonchev–Trinajstić information content (AvgIpc) is 3.33. The number of carbonyl (C=O) groups excluding carboxylic acids is 1. The number of nitrogens with zero attached hydrogens (tertiary/aromatic N) is 2. The molecule has 2 aromatic carbocycles. The van der Waals surface area contributed by atoms with Gasteiger partial charge in [-0.25, -0.2) is 4.79 Å². The first-order chi connectivity index (χ1) is 16.4. The summed E-state index contributed by atoms with van der Waals surface area (Å²) in [7, 11) is 1.79. The lowest BCUT2D eigenvalue weighted by molar-refractivity contribution is -0.131. The molecule has 1 N–H and O–H groups in total. The molecule has 180 valence electrons. The SMILES string of the molecule is Cn1cc(C(=O)c2c(-c3c(Cl)cc(Cl)cc3Cl)noc2C(C)(C)C)c2cccc(/C=C/C(=O)O)c21. The molecule has 0 atom stereocenters. The molecule has 0 saturated heterocycles. The summed E-state index contributed by atoms with van der Waals surface area (Å²) in [6.45, 7) is 5.74. The number of aryl methyl sites for hydroxylation is 1. The second-order valence-electron chi connectivity index (χ2n) is 9.13. The fourth-order valence-electron chi connectivity index (χ4n) is 4.06. The Labute approximate surface area is 216 Å². The van der Waals surface area contributed by atoms with Crippen LogP contribution in [-0.4, -0.2) is 26.6 Å². The average molecular weight is 532 g/mol. The normalized spacial score (nSPS) is 12.1. The van der Waals surface area contributed by atoms with E-state index >= 15 is 0 Å². The molecule has 6 nitrogen and oxygen atoms in total. The van der Waals surface area contributed by atoms with Crippen LogP contribution in [0.2, 0.25) is 15.1 Å². The molecule has 4 aromatic rings. The van der Waals surface area contributed by atoms with E-state index in [9.17, 15) is 9.59 Å². The van der Waals surface area contributed by atoms with E-state index < -0.39 is 11.4 Å². The highest BCUT2D eigenvalue weighted by atomic mass is 35.5. The summed E-state index contributed by atoms with van der Waals surface area (Å²) in [6.07, 6.45) is 4.26. The Hall–Kier alpha value is -3.06. The Morgan fingerprint density at radius 1 is 1.11 bits per heavy atom. The molecule has 4 rings (SSSR count). The van der Waals surface area contributed by atoms with Gasteiger partial charge in [-0.15, -0.1) is 0 Å². The van der Waals surface area contributed by atoms with Crippen LogP contribution in [0.15, 0.2) is 47.1 Å². The third-order valence-corrected chi connectivity index (χ3v) is 6.34. The molecule has 0 unspecified atom stereocenters. The highest BCUT2D eigenvalue weighted by Gasteiger charge is 2.34. The van der Waals surface area contributed by atoms with Crippen LogP contribution in [0, 0.1) is 0 Å². The number of hydrogen-bond acceptors (Lipinski definition) is 4. The van der Waals surface area contributed by atoms with Gasteiger partial charge < -0.3 is 14.2 Å². The van der Waals surface area contributed by atoms with Gasteiger partial charge in [-0.1, -0.05) is 78.9 Å². The molecule has 0 aliphatic rings. The Morgan fingerprint density at radius 3 is 2.37 bits per heavy atom. The minimum Gasteiger partial charge on any atom is -0.478 e. The first-order valence-corrected chi connectivity index (χ1v) is 11.7. The van der Waals surface area contributed by atoms with Gasteiger partial charge in [0.1, 0.15) is 5.69 Å². The van der Waals surface area contributed by atoms with E-state index in [0.717, 1.165) is 6.08 Å². The van der Waals surface area contributed by atoms with E-state index in [-0.39, 0.29) is 27.1 Å². The second-order valence-corrected chi connectivity index (χ2v) is 10.4. The number of hydrogen-bond donors (Lipinski definition) is 1. The molecule has 35 heavy (non-hydrogen) atoms. The number of para-hydroxylation sites is 1. The monoisotopic (exact) mass is 530 g/mol. The van der Waals surface area contributed by atoms with Gasteiger partial charge in [-0.05, 0) is 23.8 Å². The summed E-state index contributed by atoms with van der Waals surface area (Å²) in [5.74, 6) is -0.995. The molecule has 0 radical (unpaired) electrons. The van der Waals surface area contributed by atoms with Crippen LogP contribution in [0.3, 0.4) is 0 Å². The maximum atomic E-state index is 14.1. The predicted molar refractivity (Wildman–Crippen MR) is 139 cm³/mol. The number of carboxylic acid groups (broad SMARTS) is 1. The zero-order valence-electron chi connectivity index (χ0n) is 19.3. The third kappa shape index (κ3) is 4.61. The lowest BCUT2D eigenvalue weighted by Crippen LogP contribution is -2.16. The summed E-state index contributed by atoms with van der Waals surface area (Å²) in [5, 5.41) is 14.8. The zero-order valence-corrected chi connectivity index (χ0v) is 21.6. The van der Waals surface area contributed by atoms with E-state index in [4.69, 9.17) is 44.4 Å². The van der Waals surface area contributed by atoms with Crippen molar-refractivity contribution in [3.63, 3.8) is 0 Å². The first-order valence-electron chi connectivity index (χ1n) is 10.6. The Kier molecular flexibility index (Phi) is 6.58. The number of carboxylic acids is 1. The minimum absolute atomic E-state index is 0.227. The summed E-state index contributed by atoms with van der Waals surface area (Å²) in [6, 6.07) is 8.43. The molecule has 0 spiro atoms. The van der Waals surface area contributed by atoms with Crippen LogP contribution in [0.5, 0.6) is 0 Å².